The van der Waals surface area contributed by atoms with E-state index >= 15 is 0 Å². The van der Waals surface area contributed by atoms with Gasteiger partial charge in [-0.3, -0.25) is 4.90 Å². The van der Waals surface area contributed by atoms with Crippen LogP contribution < -0.4 is 14.2 Å². The lowest BCUT2D eigenvalue weighted by atomic mass is 9.93. The van der Waals surface area contributed by atoms with E-state index in [-0.39, 0.29) is 24.3 Å². The van der Waals surface area contributed by atoms with Crippen molar-refractivity contribution >= 4 is 40.2 Å². The van der Waals surface area contributed by atoms with Gasteiger partial charge in [-0.1, -0.05) is 29.3 Å². The number of imidazole rings is 1. The molecule has 3 heterocycles. The van der Waals surface area contributed by atoms with Gasteiger partial charge in [-0.15, -0.1) is 0 Å². The van der Waals surface area contributed by atoms with Crippen LogP contribution in [-0.2, 0) is 30.9 Å². The molecule has 0 bridgehead atoms. The van der Waals surface area contributed by atoms with Crippen molar-refractivity contribution in [2.45, 2.75) is 51.6 Å². The van der Waals surface area contributed by atoms with Crippen LogP contribution in [0.3, 0.4) is 0 Å². The standard InChI is InChI=1S/C32H33Cl2N3O6/c1-18-24-14-28(43-17-20-4-5-22(33)13-27(20)40-2)25(34)10-19(24)6-8-36(18)16-30-35-31-26(37(30)15-23-7-9-42-23)11-21(32(38)39)12-29(31)41-3/h4-5,10-14,18,23H,6-9,15-17H2,1-3H3,(H,38,39)/t18-,23-/m0/s1. The smallest absolute Gasteiger partial charge is 0.335 e. The zero-order valence-corrected chi connectivity index (χ0v) is 25.7. The number of benzene rings is 3. The van der Waals surface area contributed by atoms with Crippen molar-refractivity contribution in [2.24, 2.45) is 0 Å². The Bertz CT molecular complexity index is 1690. The number of rotatable bonds is 10. The molecular weight excluding hydrogens is 593 g/mol. The number of carboxylic acids is 1. The highest BCUT2D eigenvalue weighted by Crippen LogP contribution is 2.39. The summed E-state index contributed by atoms with van der Waals surface area (Å²) >= 11 is 12.8. The number of fused-ring (bicyclic) bond motifs is 2. The Balaban J connectivity index is 1.29. The van der Waals surface area contributed by atoms with E-state index in [2.05, 4.69) is 16.4 Å². The first-order valence-corrected chi connectivity index (χ1v) is 14.9. The van der Waals surface area contributed by atoms with E-state index in [1.807, 2.05) is 18.2 Å². The fourth-order valence-corrected chi connectivity index (χ4v) is 6.25. The average Bonchev–Trinajstić information content (AvgIpc) is 3.32. The normalized spacial score (nSPS) is 18.3. The van der Waals surface area contributed by atoms with E-state index in [0.717, 1.165) is 48.5 Å². The fourth-order valence-electron chi connectivity index (χ4n) is 5.85. The summed E-state index contributed by atoms with van der Waals surface area (Å²) in [6, 6.07) is 12.7. The molecule has 43 heavy (non-hydrogen) atoms. The summed E-state index contributed by atoms with van der Waals surface area (Å²) < 4.78 is 25.1. The molecule has 0 aliphatic carbocycles. The van der Waals surface area contributed by atoms with Crippen molar-refractivity contribution in [3.8, 4) is 17.2 Å². The molecule has 226 valence electrons. The van der Waals surface area contributed by atoms with Crippen LogP contribution in [0.5, 0.6) is 17.2 Å². The van der Waals surface area contributed by atoms with E-state index in [4.69, 9.17) is 47.1 Å². The van der Waals surface area contributed by atoms with Gasteiger partial charge in [0, 0.05) is 29.8 Å². The Labute approximate surface area is 259 Å². The molecule has 0 saturated carbocycles. The Kier molecular flexibility index (Phi) is 8.42. The van der Waals surface area contributed by atoms with E-state index in [9.17, 15) is 9.90 Å². The van der Waals surface area contributed by atoms with Crippen molar-refractivity contribution < 1.29 is 28.8 Å². The summed E-state index contributed by atoms with van der Waals surface area (Å²) in [5.74, 6) is 1.52. The summed E-state index contributed by atoms with van der Waals surface area (Å²) in [7, 11) is 3.14. The molecule has 6 rings (SSSR count). The lowest BCUT2D eigenvalue weighted by molar-refractivity contribution is -0.0592. The topological polar surface area (TPSA) is 95.3 Å². The molecule has 2 aliphatic rings. The number of halogens is 2. The van der Waals surface area contributed by atoms with Crippen LogP contribution in [0.1, 0.15) is 52.3 Å². The highest BCUT2D eigenvalue weighted by atomic mass is 35.5. The largest absolute Gasteiger partial charge is 0.496 e. The highest BCUT2D eigenvalue weighted by Gasteiger charge is 2.29. The van der Waals surface area contributed by atoms with Crippen molar-refractivity contribution in [1.82, 2.24) is 14.5 Å². The van der Waals surface area contributed by atoms with Gasteiger partial charge in [-0.05, 0) is 67.3 Å². The van der Waals surface area contributed by atoms with E-state index in [0.29, 0.717) is 45.9 Å². The van der Waals surface area contributed by atoms with Crippen molar-refractivity contribution in [3.05, 3.63) is 80.6 Å². The van der Waals surface area contributed by atoms with E-state index in [1.165, 1.54) is 18.7 Å². The third-order valence-electron chi connectivity index (χ3n) is 8.38. The second-order valence-corrected chi connectivity index (χ2v) is 11.7. The first kappa shape index (κ1) is 29.6. The molecule has 0 radical (unpaired) electrons. The zero-order valence-electron chi connectivity index (χ0n) is 24.2. The minimum atomic E-state index is -1.01. The van der Waals surface area contributed by atoms with Crippen LogP contribution in [0.15, 0.2) is 42.5 Å². The molecule has 4 aromatic rings. The number of methoxy groups -OCH3 is 2. The zero-order chi connectivity index (χ0) is 30.2. The number of aromatic nitrogens is 2. The van der Waals surface area contributed by atoms with E-state index < -0.39 is 5.97 Å². The monoisotopic (exact) mass is 625 g/mol. The van der Waals surface area contributed by atoms with Gasteiger partial charge in [0.05, 0.1) is 49.5 Å². The molecule has 3 aromatic carbocycles. The number of ether oxygens (including phenoxy) is 4. The van der Waals surface area contributed by atoms with Crippen LogP contribution in [0.25, 0.3) is 11.0 Å². The first-order valence-electron chi connectivity index (χ1n) is 14.2. The molecule has 1 saturated heterocycles. The molecule has 9 nitrogen and oxygen atoms in total. The van der Waals surface area contributed by atoms with Gasteiger partial charge in [0.25, 0.3) is 0 Å². The molecule has 11 heteroatoms. The first-order chi connectivity index (χ1) is 20.7. The van der Waals surface area contributed by atoms with Crippen molar-refractivity contribution in [3.63, 3.8) is 0 Å². The number of carboxylic acid groups (broad SMARTS) is 1. The van der Waals surface area contributed by atoms with Gasteiger partial charge in [-0.25, -0.2) is 9.78 Å². The predicted octanol–water partition coefficient (Wildman–Crippen LogP) is 6.55. The van der Waals surface area contributed by atoms with Gasteiger partial charge in [0.1, 0.15) is 35.2 Å². The fraction of sp³-hybridized carbons (Fsp3) is 0.375. The van der Waals surface area contributed by atoms with Gasteiger partial charge in [0.15, 0.2) is 0 Å². The van der Waals surface area contributed by atoms with Crippen LogP contribution in [0.4, 0.5) is 0 Å². The number of hydrogen-bond acceptors (Lipinski definition) is 7. The highest BCUT2D eigenvalue weighted by molar-refractivity contribution is 6.32. The summed E-state index contributed by atoms with van der Waals surface area (Å²) in [4.78, 5) is 19.2. The summed E-state index contributed by atoms with van der Waals surface area (Å²) in [5, 5.41) is 10.9. The molecule has 0 spiro atoms. The maximum atomic E-state index is 11.9. The van der Waals surface area contributed by atoms with Gasteiger partial charge in [0.2, 0.25) is 0 Å². The molecule has 1 N–H and O–H groups in total. The summed E-state index contributed by atoms with van der Waals surface area (Å²) in [6.45, 7) is 5.15. The number of nitrogens with zero attached hydrogens (tertiary/aromatic N) is 3. The number of carbonyl (C=O) groups is 1. The van der Waals surface area contributed by atoms with Crippen LogP contribution in [-0.4, -0.2) is 59.0 Å². The number of hydrogen-bond donors (Lipinski definition) is 1. The van der Waals surface area contributed by atoms with Crippen molar-refractivity contribution in [2.75, 3.05) is 27.4 Å². The lowest BCUT2D eigenvalue weighted by Gasteiger charge is -2.36. The molecule has 1 fully saturated rings. The third-order valence-corrected chi connectivity index (χ3v) is 8.91. The third kappa shape index (κ3) is 5.87. The van der Waals surface area contributed by atoms with Gasteiger partial charge in [-0.2, -0.15) is 0 Å². The summed E-state index contributed by atoms with van der Waals surface area (Å²) in [6.07, 6.45) is 1.84. The number of aromatic carboxylic acids is 1. The van der Waals surface area contributed by atoms with Crippen LogP contribution >= 0.6 is 23.2 Å². The minimum absolute atomic E-state index is 0.0538. The quantitative estimate of drug-likeness (QED) is 0.212. The second kappa shape index (κ2) is 12.2. The molecule has 0 amide bonds. The van der Waals surface area contributed by atoms with E-state index in [1.54, 1.807) is 25.3 Å². The average molecular weight is 627 g/mol. The van der Waals surface area contributed by atoms with Crippen LogP contribution in [0.2, 0.25) is 10.0 Å². The molecular formula is C32H33Cl2N3O6. The van der Waals surface area contributed by atoms with Gasteiger partial charge < -0.3 is 28.6 Å². The molecule has 1 aromatic heterocycles. The summed E-state index contributed by atoms with van der Waals surface area (Å²) in [5.41, 5.74) is 4.73. The maximum Gasteiger partial charge on any atom is 0.335 e. The SMILES string of the molecule is COc1cc(Cl)ccc1COc1cc2c(cc1Cl)CCN(Cc1nc3c(OC)cc(C(=O)O)cc3n1C[C@@H]1CCO1)[C@H]2C. The minimum Gasteiger partial charge on any atom is -0.496 e. The molecule has 2 aliphatic heterocycles. The maximum absolute atomic E-state index is 11.9. The Morgan fingerprint density at radius 3 is 2.58 bits per heavy atom. The Morgan fingerprint density at radius 1 is 1.09 bits per heavy atom. The predicted molar refractivity (Wildman–Crippen MR) is 164 cm³/mol. The lowest BCUT2D eigenvalue weighted by Crippen LogP contribution is -2.36. The van der Waals surface area contributed by atoms with Crippen molar-refractivity contribution in [1.29, 1.82) is 0 Å². The Hall–Kier alpha value is -3.50. The molecule has 2 atom stereocenters. The Morgan fingerprint density at radius 2 is 1.88 bits per heavy atom. The second-order valence-electron chi connectivity index (χ2n) is 10.9. The van der Waals surface area contributed by atoms with Crippen LogP contribution in [0, 0.1) is 0 Å². The van der Waals surface area contributed by atoms with Gasteiger partial charge >= 0.3 is 5.97 Å². The molecule has 0 unspecified atom stereocenters.